The van der Waals surface area contributed by atoms with Gasteiger partial charge in [-0.05, 0) is 54.6 Å². The Morgan fingerprint density at radius 3 is 2.59 bits per heavy atom. The first-order valence-electron chi connectivity index (χ1n) is 9.92. The number of hydrogen-bond donors (Lipinski definition) is 1. The summed E-state index contributed by atoms with van der Waals surface area (Å²) >= 11 is 5.95. The molecular weight excluding hydrogens is 488 g/mol. The van der Waals surface area contributed by atoms with Crippen LogP contribution in [0, 0.1) is 23.0 Å². The zero-order valence-electron chi connectivity index (χ0n) is 17.3. The van der Waals surface area contributed by atoms with Crippen LogP contribution in [0.4, 0.5) is 20.2 Å². The fraction of sp³-hybridized carbons (Fsp3) is 0.130. The van der Waals surface area contributed by atoms with Gasteiger partial charge in [-0.3, -0.25) is 9.10 Å². The van der Waals surface area contributed by atoms with Gasteiger partial charge in [-0.2, -0.15) is 5.26 Å². The number of hydrogen-bond acceptors (Lipinski definition) is 5. The van der Waals surface area contributed by atoms with Crippen molar-refractivity contribution in [1.29, 1.82) is 5.26 Å². The lowest BCUT2D eigenvalue weighted by atomic mass is 10.1. The minimum atomic E-state index is -4.17. The van der Waals surface area contributed by atoms with Crippen molar-refractivity contribution in [3.63, 3.8) is 0 Å². The Labute approximate surface area is 199 Å². The highest BCUT2D eigenvalue weighted by molar-refractivity contribution is 7.92. The fourth-order valence-corrected chi connectivity index (χ4v) is 5.22. The van der Waals surface area contributed by atoms with Crippen molar-refractivity contribution in [3.05, 3.63) is 82.9 Å². The molecule has 0 radical (unpaired) electrons. The zero-order valence-corrected chi connectivity index (χ0v) is 18.9. The summed E-state index contributed by atoms with van der Waals surface area (Å²) in [7, 11) is -4.17. The van der Waals surface area contributed by atoms with Crippen molar-refractivity contribution in [2.24, 2.45) is 0 Å². The number of sulfonamides is 1. The molecule has 0 bridgehead atoms. The number of nitrogens with one attached hydrogen (secondary N) is 1. The lowest BCUT2D eigenvalue weighted by Crippen LogP contribution is -2.43. The lowest BCUT2D eigenvalue weighted by Gasteiger charge is -2.35. The Hall–Kier alpha value is -3.68. The second-order valence-electron chi connectivity index (χ2n) is 7.33. The number of anilines is 2. The summed E-state index contributed by atoms with van der Waals surface area (Å²) in [4.78, 5) is 12.5. The SMILES string of the molecule is N#CC[C@H]1CN(S(=O)(=O)c2ccc(F)cc2)c2cc(NC(=O)c3c(F)cccc3Cl)ccc2O1. The molecule has 1 atom stereocenters. The first-order valence-corrected chi connectivity index (χ1v) is 11.7. The number of ether oxygens (including phenoxy) is 1. The molecule has 4 rings (SSSR count). The number of benzene rings is 3. The zero-order chi connectivity index (χ0) is 24.5. The van der Waals surface area contributed by atoms with E-state index in [1.165, 1.54) is 30.3 Å². The number of nitriles is 1. The number of rotatable bonds is 5. The summed E-state index contributed by atoms with van der Waals surface area (Å²) in [6.07, 6.45) is -0.815. The van der Waals surface area contributed by atoms with Gasteiger partial charge in [-0.25, -0.2) is 17.2 Å². The third-order valence-corrected chi connectivity index (χ3v) is 7.17. The quantitative estimate of drug-likeness (QED) is 0.542. The van der Waals surface area contributed by atoms with Crippen LogP contribution in [-0.2, 0) is 10.0 Å². The van der Waals surface area contributed by atoms with Gasteiger partial charge in [-0.1, -0.05) is 17.7 Å². The molecule has 11 heteroatoms. The smallest absolute Gasteiger partial charge is 0.264 e. The number of halogens is 3. The number of amides is 1. The average Bonchev–Trinajstić information content (AvgIpc) is 2.79. The fourth-order valence-electron chi connectivity index (χ4n) is 3.47. The van der Waals surface area contributed by atoms with Crippen molar-refractivity contribution in [3.8, 4) is 11.8 Å². The Morgan fingerprint density at radius 1 is 1.18 bits per heavy atom. The minimum absolute atomic E-state index is 0.0703. The van der Waals surface area contributed by atoms with Gasteiger partial charge in [-0.15, -0.1) is 0 Å². The standard InChI is InChI=1S/C23H16ClF2N3O4S/c24-18-2-1-3-19(26)22(18)23(30)28-15-6-9-21-20(12-15)29(13-16(33-21)10-11-27)34(31,32)17-7-4-14(25)5-8-17/h1-9,12,16H,10,13H2,(H,28,30)/t16-/m0/s1. The van der Waals surface area contributed by atoms with Crippen LogP contribution in [0.2, 0.25) is 5.02 Å². The van der Waals surface area contributed by atoms with Crippen LogP contribution in [0.25, 0.3) is 0 Å². The van der Waals surface area contributed by atoms with E-state index < -0.39 is 33.7 Å². The van der Waals surface area contributed by atoms with Crippen molar-refractivity contribution < 1.29 is 26.7 Å². The number of fused-ring (bicyclic) bond motifs is 1. The van der Waals surface area contributed by atoms with Gasteiger partial charge < -0.3 is 10.1 Å². The van der Waals surface area contributed by atoms with Crippen molar-refractivity contribution in [2.45, 2.75) is 17.4 Å². The first-order chi connectivity index (χ1) is 16.2. The Bertz CT molecular complexity index is 1390. The predicted octanol–water partition coefficient (Wildman–Crippen LogP) is 4.74. The number of nitrogens with zero attached hydrogens (tertiary/aromatic N) is 2. The summed E-state index contributed by atoms with van der Waals surface area (Å²) in [5.41, 5.74) is -0.108. The highest BCUT2D eigenvalue weighted by Crippen LogP contribution is 2.39. The first kappa shape index (κ1) is 23.5. The highest BCUT2D eigenvalue weighted by Gasteiger charge is 2.35. The molecule has 1 amide bonds. The average molecular weight is 504 g/mol. The van der Waals surface area contributed by atoms with E-state index in [0.29, 0.717) is 0 Å². The van der Waals surface area contributed by atoms with Crippen LogP contribution in [0.5, 0.6) is 5.75 Å². The van der Waals surface area contributed by atoms with Gasteiger partial charge in [0, 0.05) is 5.69 Å². The van der Waals surface area contributed by atoms with E-state index in [9.17, 15) is 22.0 Å². The van der Waals surface area contributed by atoms with E-state index in [0.717, 1.165) is 34.6 Å². The molecule has 0 fully saturated rings. The molecule has 34 heavy (non-hydrogen) atoms. The number of carbonyl (C=O) groups excluding carboxylic acids is 1. The molecule has 0 spiro atoms. The van der Waals surface area contributed by atoms with E-state index in [1.54, 1.807) is 0 Å². The van der Waals surface area contributed by atoms with Crippen LogP contribution >= 0.6 is 11.6 Å². The van der Waals surface area contributed by atoms with E-state index in [4.69, 9.17) is 21.6 Å². The molecule has 0 unspecified atom stereocenters. The Balaban J connectivity index is 1.73. The molecule has 7 nitrogen and oxygen atoms in total. The largest absolute Gasteiger partial charge is 0.485 e. The van der Waals surface area contributed by atoms with Gasteiger partial charge in [0.2, 0.25) is 0 Å². The third kappa shape index (κ3) is 4.53. The highest BCUT2D eigenvalue weighted by atomic mass is 35.5. The molecule has 1 N–H and O–H groups in total. The van der Waals surface area contributed by atoms with Crippen LogP contribution in [-0.4, -0.2) is 27.0 Å². The second-order valence-corrected chi connectivity index (χ2v) is 9.59. The maximum atomic E-state index is 14.1. The summed E-state index contributed by atoms with van der Waals surface area (Å²) < 4.78 is 61.0. The molecule has 3 aromatic carbocycles. The predicted molar refractivity (Wildman–Crippen MR) is 121 cm³/mol. The maximum absolute atomic E-state index is 14.1. The normalized spacial score (nSPS) is 15.1. The van der Waals surface area contributed by atoms with E-state index in [-0.39, 0.29) is 45.6 Å². The van der Waals surface area contributed by atoms with E-state index >= 15 is 0 Å². The maximum Gasteiger partial charge on any atom is 0.264 e. The Morgan fingerprint density at radius 2 is 1.91 bits per heavy atom. The van der Waals surface area contributed by atoms with Crippen LogP contribution in [0.15, 0.2) is 65.6 Å². The topological polar surface area (TPSA) is 99.5 Å². The number of carbonyl (C=O) groups is 1. The van der Waals surface area contributed by atoms with Gasteiger partial charge >= 0.3 is 0 Å². The van der Waals surface area contributed by atoms with Crippen LogP contribution in [0.1, 0.15) is 16.8 Å². The summed E-state index contributed by atoms with van der Waals surface area (Å²) in [6.45, 7) is -0.184. The molecule has 0 saturated carbocycles. The third-order valence-electron chi connectivity index (χ3n) is 5.06. The van der Waals surface area contributed by atoms with Crippen LogP contribution in [0.3, 0.4) is 0 Å². The Kier molecular flexibility index (Phi) is 6.41. The molecule has 0 aliphatic carbocycles. The van der Waals surface area contributed by atoms with E-state index in [1.807, 2.05) is 6.07 Å². The van der Waals surface area contributed by atoms with Gasteiger partial charge in [0.15, 0.2) is 0 Å². The molecule has 1 heterocycles. The summed E-state index contributed by atoms with van der Waals surface area (Å²) in [5, 5.41) is 11.5. The van der Waals surface area contributed by atoms with Crippen molar-refractivity contribution >= 4 is 38.9 Å². The minimum Gasteiger partial charge on any atom is -0.485 e. The molecule has 1 aliphatic heterocycles. The van der Waals surface area contributed by atoms with Gasteiger partial charge in [0.1, 0.15) is 23.5 Å². The summed E-state index contributed by atoms with van der Waals surface area (Å²) in [6, 6.07) is 14.3. The monoisotopic (exact) mass is 503 g/mol. The van der Waals surface area contributed by atoms with Crippen LogP contribution < -0.4 is 14.4 Å². The molecule has 1 aliphatic rings. The summed E-state index contributed by atoms with van der Waals surface area (Å²) in [5.74, 6) is -2.07. The molecule has 3 aromatic rings. The van der Waals surface area contributed by atoms with Gasteiger partial charge in [0.25, 0.3) is 15.9 Å². The molecule has 0 saturated heterocycles. The molecule has 0 aromatic heterocycles. The molecular formula is C23H16ClF2N3O4S. The lowest BCUT2D eigenvalue weighted by molar-refractivity contribution is 0.102. The molecule has 174 valence electrons. The van der Waals surface area contributed by atoms with Crippen molar-refractivity contribution in [2.75, 3.05) is 16.2 Å². The van der Waals surface area contributed by atoms with Gasteiger partial charge in [0.05, 0.1) is 40.2 Å². The second kappa shape index (κ2) is 9.29. The van der Waals surface area contributed by atoms with Crippen molar-refractivity contribution in [1.82, 2.24) is 0 Å². The van der Waals surface area contributed by atoms with E-state index in [2.05, 4.69) is 5.32 Å².